The lowest BCUT2D eigenvalue weighted by molar-refractivity contribution is 0.290. The zero-order valence-electron chi connectivity index (χ0n) is 16.9. The predicted molar refractivity (Wildman–Crippen MR) is 110 cm³/mol. The van der Waals surface area contributed by atoms with Gasteiger partial charge in [-0.05, 0) is 30.5 Å². The quantitative estimate of drug-likeness (QED) is 0.567. The SMILES string of the molecule is CCc1nncn1CCNC(=NC)NCC1(c2cccc(F)c2)CCCCC1. The van der Waals surface area contributed by atoms with Gasteiger partial charge in [-0.2, -0.15) is 0 Å². The molecule has 1 heterocycles. The van der Waals surface area contributed by atoms with Gasteiger partial charge < -0.3 is 15.2 Å². The van der Waals surface area contributed by atoms with Crippen LogP contribution in [0.15, 0.2) is 35.6 Å². The Morgan fingerprint density at radius 2 is 2.07 bits per heavy atom. The minimum absolute atomic E-state index is 0.0401. The van der Waals surface area contributed by atoms with E-state index < -0.39 is 0 Å². The van der Waals surface area contributed by atoms with Crippen molar-refractivity contribution in [2.24, 2.45) is 4.99 Å². The molecule has 1 fully saturated rings. The van der Waals surface area contributed by atoms with Crippen molar-refractivity contribution in [1.29, 1.82) is 0 Å². The van der Waals surface area contributed by atoms with E-state index in [1.54, 1.807) is 19.4 Å². The topological polar surface area (TPSA) is 67.1 Å². The zero-order chi connectivity index (χ0) is 19.8. The number of halogens is 1. The van der Waals surface area contributed by atoms with E-state index in [4.69, 9.17) is 0 Å². The molecular weight excluding hydrogens is 355 g/mol. The van der Waals surface area contributed by atoms with Crippen LogP contribution < -0.4 is 10.6 Å². The van der Waals surface area contributed by atoms with E-state index in [1.165, 1.54) is 25.3 Å². The number of rotatable bonds is 7. The van der Waals surface area contributed by atoms with Crippen LogP contribution in [0.25, 0.3) is 0 Å². The highest BCUT2D eigenvalue weighted by molar-refractivity contribution is 5.79. The Labute approximate surface area is 166 Å². The molecule has 0 amide bonds. The van der Waals surface area contributed by atoms with Gasteiger partial charge in [0.25, 0.3) is 0 Å². The summed E-state index contributed by atoms with van der Waals surface area (Å²) >= 11 is 0. The van der Waals surface area contributed by atoms with Crippen molar-refractivity contribution < 1.29 is 4.39 Å². The van der Waals surface area contributed by atoms with Gasteiger partial charge in [0.1, 0.15) is 18.0 Å². The third-order valence-electron chi connectivity index (χ3n) is 5.72. The molecule has 7 heteroatoms. The highest BCUT2D eigenvalue weighted by Crippen LogP contribution is 2.39. The average molecular weight is 387 g/mol. The van der Waals surface area contributed by atoms with E-state index in [1.807, 2.05) is 6.07 Å². The number of nitrogens with one attached hydrogen (secondary N) is 2. The highest BCUT2D eigenvalue weighted by Gasteiger charge is 2.34. The summed E-state index contributed by atoms with van der Waals surface area (Å²) in [5, 5.41) is 14.9. The first-order valence-electron chi connectivity index (χ1n) is 10.2. The lowest BCUT2D eigenvalue weighted by Crippen LogP contribution is -2.47. The molecule has 28 heavy (non-hydrogen) atoms. The second-order valence-corrected chi connectivity index (χ2v) is 7.50. The van der Waals surface area contributed by atoms with Crippen molar-refractivity contribution in [3.8, 4) is 0 Å². The fourth-order valence-electron chi connectivity index (χ4n) is 4.12. The molecule has 1 aromatic carbocycles. The summed E-state index contributed by atoms with van der Waals surface area (Å²) in [5.41, 5.74) is 1.05. The Morgan fingerprint density at radius 1 is 1.25 bits per heavy atom. The third kappa shape index (κ3) is 4.88. The first-order valence-corrected chi connectivity index (χ1v) is 10.2. The van der Waals surface area contributed by atoms with Gasteiger partial charge in [0.15, 0.2) is 5.96 Å². The second kappa shape index (κ2) is 9.66. The van der Waals surface area contributed by atoms with Crippen LogP contribution in [0.3, 0.4) is 0 Å². The molecule has 0 saturated heterocycles. The Kier molecular flexibility index (Phi) is 7.01. The number of hydrogen-bond donors (Lipinski definition) is 2. The second-order valence-electron chi connectivity index (χ2n) is 7.50. The maximum absolute atomic E-state index is 13.9. The molecule has 2 aromatic rings. The van der Waals surface area contributed by atoms with Crippen molar-refractivity contribution in [3.63, 3.8) is 0 Å². The van der Waals surface area contributed by atoms with Crippen LogP contribution in [0.4, 0.5) is 4.39 Å². The first kappa shape index (κ1) is 20.3. The molecule has 3 rings (SSSR count). The van der Waals surface area contributed by atoms with Gasteiger partial charge in [-0.15, -0.1) is 10.2 Å². The largest absolute Gasteiger partial charge is 0.356 e. The Hall–Kier alpha value is -2.44. The molecule has 1 aliphatic carbocycles. The monoisotopic (exact) mass is 386 g/mol. The van der Waals surface area contributed by atoms with E-state index in [0.717, 1.165) is 56.2 Å². The Morgan fingerprint density at radius 3 is 2.79 bits per heavy atom. The van der Waals surface area contributed by atoms with Crippen molar-refractivity contribution in [3.05, 3.63) is 47.8 Å². The third-order valence-corrected chi connectivity index (χ3v) is 5.72. The van der Waals surface area contributed by atoms with Gasteiger partial charge in [0, 0.05) is 38.5 Å². The molecule has 0 bridgehead atoms. The first-order chi connectivity index (χ1) is 13.7. The minimum atomic E-state index is -0.161. The molecular formula is C21H31FN6. The average Bonchev–Trinajstić information content (AvgIpc) is 3.18. The van der Waals surface area contributed by atoms with Gasteiger partial charge in [0.05, 0.1) is 0 Å². The van der Waals surface area contributed by atoms with Crippen LogP contribution in [0, 0.1) is 5.82 Å². The van der Waals surface area contributed by atoms with Gasteiger partial charge in [-0.3, -0.25) is 4.99 Å². The molecule has 0 atom stereocenters. The number of nitrogens with zero attached hydrogens (tertiary/aromatic N) is 4. The molecule has 1 aromatic heterocycles. The zero-order valence-corrected chi connectivity index (χ0v) is 16.9. The fourth-order valence-corrected chi connectivity index (χ4v) is 4.12. The highest BCUT2D eigenvalue weighted by atomic mass is 19.1. The Balaban J connectivity index is 1.60. The van der Waals surface area contributed by atoms with E-state index in [2.05, 4.69) is 43.4 Å². The molecule has 1 saturated carbocycles. The molecule has 6 nitrogen and oxygen atoms in total. The molecule has 0 spiro atoms. The minimum Gasteiger partial charge on any atom is -0.356 e. The van der Waals surface area contributed by atoms with Crippen molar-refractivity contribution >= 4 is 5.96 Å². The van der Waals surface area contributed by atoms with Gasteiger partial charge >= 0.3 is 0 Å². The van der Waals surface area contributed by atoms with Crippen LogP contribution in [0.5, 0.6) is 0 Å². The number of benzene rings is 1. The number of aliphatic imine (C=N–C) groups is 1. The molecule has 0 aliphatic heterocycles. The lowest BCUT2D eigenvalue weighted by Gasteiger charge is -2.38. The number of guanidine groups is 1. The summed E-state index contributed by atoms with van der Waals surface area (Å²) in [6, 6.07) is 7.09. The summed E-state index contributed by atoms with van der Waals surface area (Å²) in [7, 11) is 1.78. The molecule has 0 unspecified atom stereocenters. The summed E-state index contributed by atoms with van der Waals surface area (Å²) < 4.78 is 15.9. The van der Waals surface area contributed by atoms with E-state index in [-0.39, 0.29) is 11.2 Å². The van der Waals surface area contributed by atoms with E-state index in [9.17, 15) is 4.39 Å². The summed E-state index contributed by atoms with van der Waals surface area (Å²) in [6.45, 7) is 4.34. The summed E-state index contributed by atoms with van der Waals surface area (Å²) in [5.74, 6) is 1.59. The molecule has 0 radical (unpaired) electrons. The van der Waals surface area contributed by atoms with Crippen molar-refractivity contribution in [1.82, 2.24) is 25.4 Å². The normalized spacial score (nSPS) is 16.8. The molecule has 2 N–H and O–H groups in total. The van der Waals surface area contributed by atoms with Crippen LogP contribution >= 0.6 is 0 Å². The van der Waals surface area contributed by atoms with Crippen LogP contribution in [-0.4, -0.2) is 40.9 Å². The maximum Gasteiger partial charge on any atom is 0.191 e. The number of aromatic nitrogens is 3. The van der Waals surface area contributed by atoms with E-state index in [0.29, 0.717) is 0 Å². The standard InChI is InChI=1S/C21H31FN6/c1-3-19-27-26-16-28(19)13-12-24-20(23-2)25-15-21(10-5-4-6-11-21)17-8-7-9-18(22)14-17/h7-9,14,16H,3-6,10-13,15H2,1-2H3,(H2,23,24,25). The smallest absolute Gasteiger partial charge is 0.191 e. The van der Waals surface area contributed by atoms with Gasteiger partial charge in [-0.1, -0.05) is 38.3 Å². The summed E-state index contributed by atoms with van der Waals surface area (Å²) in [4.78, 5) is 4.36. The lowest BCUT2D eigenvalue weighted by atomic mass is 9.69. The van der Waals surface area contributed by atoms with Crippen LogP contribution in [0.1, 0.15) is 50.4 Å². The number of hydrogen-bond acceptors (Lipinski definition) is 3. The van der Waals surface area contributed by atoms with Crippen LogP contribution in [-0.2, 0) is 18.4 Å². The van der Waals surface area contributed by atoms with E-state index >= 15 is 0 Å². The number of aryl methyl sites for hydroxylation is 1. The Bertz CT molecular complexity index is 779. The predicted octanol–water partition coefficient (Wildman–Crippen LogP) is 3.05. The van der Waals surface area contributed by atoms with Gasteiger partial charge in [0.2, 0.25) is 0 Å². The van der Waals surface area contributed by atoms with Crippen molar-refractivity contribution in [2.75, 3.05) is 20.1 Å². The molecule has 152 valence electrons. The summed E-state index contributed by atoms with van der Waals surface area (Å²) in [6.07, 6.45) is 8.38. The van der Waals surface area contributed by atoms with Crippen LogP contribution in [0.2, 0.25) is 0 Å². The van der Waals surface area contributed by atoms with Crippen molar-refractivity contribution in [2.45, 2.75) is 57.4 Å². The fraction of sp³-hybridized carbons (Fsp3) is 0.571. The van der Waals surface area contributed by atoms with Gasteiger partial charge in [-0.25, -0.2) is 4.39 Å². The maximum atomic E-state index is 13.9. The molecule has 1 aliphatic rings.